The van der Waals surface area contributed by atoms with Crippen molar-refractivity contribution < 1.29 is 13.9 Å². The molecule has 1 aromatic carbocycles. The van der Waals surface area contributed by atoms with Crippen molar-refractivity contribution >= 4 is 33.4 Å². The summed E-state index contributed by atoms with van der Waals surface area (Å²) < 4.78 is 19.0. The first-order chi connectivity index (χ1) is 8.63. The number of morpholine rings is 1. The van der Waals surface area contributed by atoms with E-state index < -0.39 is 5.82 Å². The van der Waals surface area contributed by atoms with Gasteiger partial charge in [0.05, 0.1) is 24.8 Å². The van der Waals surface area contributed by atoms with E-state index in [-0.39, 0.29) is 22.5 Å². The standard InChI is InChI=1S/C12H12BrClFNO2/c13-6-9-7-18-4-3-16(9)12(17)10-2-1-8(14)5-11(10)15/h1-2,5,9H,3-4,6-7H2. The predicted molar refractivity (Wildman–Crippen MR) is 70.8 cm³/mol. The van der Waals surface area contributed by atoms with Gasteiger partial charge in [-0.25, -0.2) is 4.39 Å². The Labute approximate surface area is 118 Å². The van der Waals surface area contributed by atoms with Crippen molar-refractivity contribution in [2.45, 2.75) is 6.04 Å². The second-order valence-electron chi connectivity index (χ2n) is 4.01. The Hall–Kier alpha value is -0.650. The highest BCUT2D eigenvalue weighted by atomic mass is 79.9. The monoisotopic (exact) mass is 335 g/mol. The van der Waals surface area contributed by atoms with Gasteiger partial charge in [-0.05, 0) is 18.2 Å². The number of hydrogen-bond acceptors (Lipinski definition) is 2. The lowest BCUT2D eigenvalue weighted by Gasteiger charge is -2.34. The Morgan fingerprint density at radius 3 is 3.06 bits per heavy atom. The van der Waals surface area contributed by atoms with Gasteiger partial charge in [0.1, 0.15) is 5.82 Å². The molecular weight excluding hydrogens is 324 g/mol. The van der Waals surface area contributed by atoms with Crippen molar-refractivity contribution in [2.75, 3.05) is 25.1 Å². The molecule has 1 amide bonds. The Morgan fingerprint density at radius 1 is 1.61 bits per heavy atom. The normalized spacial score (nSPS) is 19.9. The number of ether oxygens (including phenoxy) is 1. The van der Waals surface area contributed by atoms with E-state index in [1.165, 1.54) is 12.1 Å². The van der Waals surface area contributed by atoms with Gasteiger partial charge in [0.25, 0.3) is 5.91 Å². The number of amides is 1. The number of benzene rings is 1. The molecule has 1 unspecified atom stereocenters. The van der Waals surface area contributed by atoms with Crippen LogP contribution < -0.4 is 0 Å². The molecule has 1 heterocycles. The van der Waals surface area contributed by atoms with Gasteiger partial charge in [0.2, 0.25) is 0 Å². The third-order valence-corrected chi connectivity index (χ3v) is 3.81. The summed E-state index contributed by atoms with van der Waals surface area (Å²) in [5, 5.41) is 0.886. The van der Waals surface area contributed by atoms with Crippen LogP contribution in [0.1, 0.15) is 10.4 Å². The van der Waals surface area contributed by atoms with Crippen molar-refractivity contribution in [2.24, 2.45) is 0 Å². The van der Waals surface area contributed by atoms with E-state index in [0.29, 0.717) is 25.1 Å². The molecular formula is C12H12BrClFNO2. The lowest BCUT2D eigenvalue weighted by atomic mass is 10.1. The van der Waals surface area contributed by atoms with Crippen LogP contribution in [-0.2, 0) is 4.74 Å². The summed E-state index contributed by atoms with van der Waals surface area (Å²) >= 11 is 9.00. The number of hydrogen-bond donors (Lipinski definition) is 0. The van der Waals surface area contributed by atoms with Crippen LogP contribution in [0.3, 0.4) is 0 Å². The Morgan fingerprint density at radius 2 is 2.39 bits per heavy atom. The molecule has 1 saturated heterocycles. The van der Waals surface area contributed by atoms with Crippen molar-refractivity contribution in [3.05, 3.63) is 34.6 Å². The lowest BCUT2D eigenvalue weighted by molar-refractivity contribution is 0.00500. The van der Waals surface area contributed by atoms with Crippen LogP contribution in [0, 0.1) is 5.82 Å². The zero-order valence-corrected chi connectivity index (χ0v) is 11.9. The van der Waals surface area contributed by atoms with Gasteiger partial charge in [-0.1, -0.05) is 27.5 Å². The predicted octanol–water partition coefficient (Wildman–Crippen LogP) is 2.72. The van der Waals surface area contributed by atoms with Crippen LogP contribution in [0.15, 0.2) is 18.2 Å². The van der Waals surface area contributed by atoms with E-state index in [2.05, 4.69) is 15.9 Å². The molecule has 0 bridgehead atoms. The number of alkyl halides is 1. The molecule has 2 rings (SSSR count). The fraction of sp³-hybridized carbons (Fsp3) is 0.417. The van der Waals surface area contributed by atoms with Gasteiger partial charge in [-0.2, -0.15) is 0 Å². The van der Waals surface area contributed by atoms with E-state index >= 15 is 0 Å². The average Bonchev–Trinajstić information content (AvgIpc) is 2.38. The van der Waals surface area contributed by atoms with E-state index in [1.807, 2.05) is 0 Å². The molecule has 0 radical (unpaired) electrons. The SMILES string of the molecule is O=C(c1ccc(Cl)cc1F)N1CCOCC1CBr. The molecule has 0 N–H and O–H groups in total. The molecule has 1 aliphatic rings. The summed E-state index contributed by atoms with van der Waals surface area (Å²) in [5.74, 6) is -0.913. The molecule has 3 nitrogen and oxygen atoms in total. The highest BCUT2D eigenvalue weighted by Gasteiger charge is 2.28. The molecule has 18 heavy (non-hydrogen) atoms. The first kappa shape index (κ1) is 13.8. The zero-order chi connectivity index (χ0) is 13.1. The summed E-state index contributed by atoms with van der Waals surface area (Å²) in [7, 11) is 0. The maximum atomic E-state index is 13.7. The van der Waals surface area contributed by atoms with Gasteiger partial charge in [0.15, 0.2) is 0 Å². The van der Waals surface area contributed by atoms with Crippen LogP contribution in [0.25, 0.3) is 0 Å². The number of halogens is 3. The second kappa shape index (κ2) is 5.99. The van der Waals surface area contributed by atoms with E-state index in [1.54, 1.807) is 4.90 Å². The average molecular weight is 337 g/mol. The van der Waals surface area contributed by atoms with Crippen LogP contribution in [0.4, 0.5) is 4.39 Å². The molecule has 1 atom stereocenters. The molecule has 0 aromatic heterocycles. The topological polar surface area (TPSA) is 29.5 Å². The van der Waals surface area contributed by atoms with Crippen molar-refractivity contribution in [3.63, 3.8) is 0 Å². The van der Waals surface area contributed by atoms with Crippen molar-refractivity contribution in [3.8, 4) is 0 Å². The van der Waals surface area contributed by atoms with E-state index in [0.717, 1.165) is 6.07 Å². The molecule has 6 heteroatoms. The highest BCUT2D eigenvalue weighted by molar-refractivity contribution is 9.09. The molecule has 0 aliphatic carbocycles. The summed E-state index contributed by atoms with van der Waals surface area (Å²) in [4.78, 5) is 13.9. The Balaban J connectivity index is 2.24. The van der Waals surface area contributed by atoms with Crippen LogP contribution in [-0.4, -0.2) is 41.9 Å². The maximum Gasteiger partial charge on any atom is 0.257 e. The van der Waals surface area contributed by atoms with Crippen molar-refractivity contribution in [1.82, 2.24) is 4.90 Å². The zero-order valence-electron chi connectivity index (χ0n) is 9.54. The van der Waals surface area contributed by atoms with Crippen molar-refractivity contribution in [1.29, 1.82) is 0 Å². The van der Waals surface area contributed by atoms with Gasteiger partial charge in [-0.15, -0.1) is 0 Å². The number of nitrogens with zero attached hydrogens (tertiary/aromatic N) is 1. The minimum absolute atomic E-state index is 0.0484. The summed E-state index contributed by atoms with van der Waals surface area (Å²) in [6.07, 6.45) is 0. The summed E-state index contributed by atoms with van der Waals surface area (Å²) in [5.41, 5.74) is 0.0484. The largest absolute Gasteiger partial charge is 0.377 e. The Bertz CT molecular complexity index is 458. The molecule has 98 valence electrons. The fourth-order valence-electron chi connectivity index (χ4n) is 1.87. The van der Waals surface area contributed by atoms with Crippen LogP contribution >= 0.6 is 27.5 Å². The smallest absolute Gasteiger partial charge is 0.257 e. The summed E-state index contributed by atoms with van der Waals surface area (Å²) in [6.45, 7) is 1.41. The lowest BCUT2D eigenvalue weighted by Crippen LogP contribution is -2.49. The molecule has 1 fully saturated rings. The first-order valence-corrected chi connectivity index (χ1v) is 7.03. The number of carbonyl (C=O) groups is 1. The first-order valence-electron chi connectivity index (χ1n) is 5.53. The highest BCUT2D eigenvalue weighted by Crippen LogP contribution is 2.19. The van der Waals surface area contributed by atoms with E-state index in [9.17, 15) is 9.18 Å². The third-order valence-electron chi connectivity index (χ3n) is 2.83. The minimum atomic E-state index is -0.590. The molecule has 1 aliphatic heterocycles. The number of carbonyl (C=O) groups excluding carboxylic acids is 1. The Kier molecular flexibility index (Phi) is 4.59. The minimum Gasteiger partial charge on any atom is -0.377 e. The number of rotatable bonds is 2. The molecule has 0 spiro atoms. The van der Waals surface area contributed by atoms with Crippen LogP contribution in [0.5, 0.6) is 0 Å². The summed E-state index contributed by atoms with van der Waals surface area (Å²) in [6, 6.07) is 4.02. The van der Waals surface area contributed by atoms with Crippen LogP contribution in [0.2, 0.25) is 5.02 Å². The second-order valence-corrected chi connectivity index (χ2v) is 5.09. The maximum absolute atomic E-state index is 13.7. The van der Waals surface area contributed by atoms with Gasteiger partial charge >= 0.3 is 0 Å². The molecule has 1 aromatic rings. The quantitative estimate of drug-likeness (QED) is 0.777. The third kappa shape index (κ3) is 2.84. The van der Waals surface area contributed by atoms with Gasteiger partial charge < -0.3 is 9.64 Å². The van der Waals surface area contributed by atoms with Gasteiger partial charge in [0, 0.05) is 16.9 Å². The van der Waals surface area contributed by atoms with Gasteiger partial charge in [-0.3, -0.25) is 4.79 Å². The fourth-order valence-corrected chi connectivity index (χ4v) is 2.56. The molecule has 0 saturated carbocycles. The van der Waals surface area contributed by atoms with E-state index in [4.69, 9.17) is 16.3 Å².